The monoisotopic (exact) mass is 667 g/mol. The van der Waals surface area contributed by atoms with Crippen LogP contribution in [0.1, 0.15) is 13.3 Å². The van der Waals surface area contributed by atoms with Gasteiger partial charge in [0, 0.05) is 50.0 Å². The van der Waals surface area contributed by atoms with E-state index < -0.39 is 0 Å². The molecule has 9 aromatic rings. The molecule has 1 unspecified atom stereocenters. The molecule has 3 heteroatoms. The standard InChI is InChI=1S/C49H37N3/c1-34-14-13-21-41(30-34)52-46-23-12-11-22-42(46)44-32-49-45(33-48(44)52)43-31-36(26-29-47(43)51(49)39-19-9-4-10-20-39)35-24-27-40(28-25-35)50(37-15-5-2-6-16-37)38-17-7-3-8-18-38/h2-13,15-34H,14H2,1H3. The Morgan fingerprint density at radius 3 is 1.69 bits per heavy atom. The lowest BCUT2D eigenvalue weighted by atomic mass is 10.0. The first-order valence-electron chi connectivity index (χ1n) is 18.2. The van der Waals surface area contributed by atoms with Crippen LogP contribution in [0.3, 0.4) is 0 Å². The van der Waals surface area contributed by atoms with Gasteiger partial charge in [-0.2, -0.15) is 0 Å². The molecule has 0 aliphatic heterocycles. The van der Waals surface area contributed by atoms with Gasteiger partial charge in [0.15, 0.2) is 0 Å². The molecule has 1 aliphatic carbocycles. The Hall–Kier alpha value is -6.58. The summed E-state index contributed by atoms with van der Waals surface area (Å²) in [5.41, 5.74) is 13.1. The number of nitrogens with zero attached hydrogens (tertiary/aromatic N) is 3. The second kappa shape index (κ2) is 12.3. The van der Waals surface area contributed by atoms with E-state index in [4.69, 9.17) is 0 Å². The summed E-state index contributed by atoms with van der Waals surface area (Å²) in [5, 5.41) is 5.04. The summed E-state index contributed by atoms with van der Waals surface area (Å²) in [4.78, 5) is 2.31. The van der Waals surface area contributed by atoms with Crippen molar-refractivity contribution in [2.75, 3.05) is 4.90 Å². The Morgan fingerprint density at radius 1 is 0.462 bits per heavy atom. The average molecular weight is 668 g/mol. The SMILES string of the molecule is CC1C=C(n2c3ccccc3c3cc4c(cc32)c2cc(-c3ccc(N(c5ccccc5)c5ccccc5)cc3)ccc2n4-c2ccccc2)C=CC1. The Labute approximate surface area is 303 Å². The fourth-order valence-corrected chi connectivity index (χ4v) is 8.17. The van der Waals surface area contributed by atoms with Crippen molar-refractivity contribution in [2.24, 2.45) is 5.92 Å². The van der Waals surface area contributed by atoms with Gasteiger partial charge in [-0.3, -0.25) is 0 Å². The van der Waals surface area contributed by atoms with Crippen LogP contribution >= 0.6 is 0 Å². The van der Waals surface area contributed by atoms with E-state index >= 15 is 0 Å². The van der Waals surface area contributed by atoms with Gasteiger partial charge in [0.1, 0.15) is 0 Å². The summed E-state index contributed by atoms with van der Waals surface area (Å²) in [5.74, 6) is 0.501. The van der Waals surface area contributed by atoms with Crippen LogP contribution in [0.25, 0.3) is 66.1 Å². The molecule has 10 rings (SSSR count). The molecule has 3 nitrogen and oxygen atoms in total. The van der Waals surface area contributed by atoms with Gasteiger partial charge in [-0.25, -0.2) is 0 Å². The molecular weight excluding hydrogens is 631 g/mol. The van der Waals surface area contributed by atoms with Crippen LogP contribution in [-0.4, -0.2) is 9.13 Å². The zero-order chi connectivity index (χ0) is 34.6. The van der Waals surface area contributed by atoms with Gasteiger partial charge >= 0.3 is 0 Å². The number of fused-ring (bicyclic) bond motifs is 6. The number of rotatable bonds is 6. The maximum absolute atomic E-state index is 2.47. The number of benzene rings is 7. The van der Waals surface area contributed by atoms with Crippen molar-refractivity contribution in [3.63, 3.8) is 0 Å². The van der Waals surface area contributed by atoms with Gasteiger partial charge in [0.2, 0.25) is 0 Å². The van der Waals surface area contributed by atoms with Gasteiger partial charge in [0.05, 0.1) is 22.1 Å². The molecular formula is C49H37N3. The van der Waals surface area contributed by atoms with E-state index in [-0.39, 0.29) is 0 Å². The van der Waals surface area contributed by atoms with Crippen molar-refractivity contribution >= 4 is 66.4 Å². The van der Waals surface area contributed by atoms with Crippen molar-refractivity contribution in [1.29, 1.82) is 0 Å². The third-order valence-electron chi connectivity index (χ3n) is 10.6. The maximum Gasteiger partial charge on any atom is 0.0548 e. The summed E-state index contributed by atoms with van der Waals surface area (Å²) in [6.07, 6.45) is 8.11. The zero-order valence-corrected chi connectivity index (χ0v) is 29.0. The Balaban J connectivity index is 1.17. The predicted molar refractivity (Wildman–Crippen MR) is 221 cm³/mol. The summed E-state index contributed by atoms with van der Waals surface area (Å²) in [6, 6.07) is 61.6. The number of allylic oxidation sites excluding steroid dienone is 4. The summed E-state index contributed by atoms with van der Waals surface area (Å²) in [7, 11) is 0. The quantitative estimate of drug-likeness (QED) is 0.172. The van der Waals surface area contributed by atoms with Crippen molar-refractivity contribution in [3.05, 3.63) is 188 Å². The summed E-state index contributed by atoms with van der Waals surface area (Å²) in [6.45, 7) is 2.30. The molecule has 248 valence electrons. The average Bonchev–Trinajstić information content (AvgIpc) is 3.70. The molecule has 1 atom stereocenters. The van der Waals surface area contributed by atoms with E-state index in [9.17, 15) is 0 Å². The minimum atomic E-state index is 0.501. The van der Waals surface area contributed by atoms with Crippen LogP contribution in [0, 0.1) is 5.92 Å². The Bertz CT molecular complexity index is 2760. The number of hydrogen-bond donors (Lipinski definition) is 0. The van der Waals surface area contributed by atoms with Crippen molar-refractivity contribution in [1.82, 2.24) is 9.13 Å². The van der Waals surface area contributed by atoms with Crippen molar-refractivity contribution in [2.45, 2.75) is 13.3 Å². The van der Waals surface area contributed by atoms with Gasteiger partial charge < -0.3 is 14.0 Å². The molecule has 0 saturated heterocycles. The summed E-state index contributed by atoms with van der Waals surface area (Å²) < 4.78 is 4.90. The Morgan fingerprint density at radius 2 is 1.00 bits per heavy atom. The van der Waals surface area contributed by atoms with E-state index in [0.717, 1.165) is 29.2 Å². The molecule has 0 N–H and O–H groups in total. The van der Waals surface area contributed by atoms with Crippen molar-refractivity contribution in [3.8, 4) is 16.8 Å². The van der Waals surface area contributed by atoms with E-state index in [0.29, 0.717) is 5.92 Å². The molecule has 52 heavy (non-hydrogen) atoms. The van der Waals surface area contributed by atoms with Gasteiger partial charge in [-0.1, -0.05) is 110 Å². The molecule has 0 saturated carbocycles. The first kappa shape index (κ1) is 30.3. The van der Waals surface area contributed by atoms with Crippen LogP contribution in [0.4, 0.5) is 17.1 Å². The second-order valence-electron chi connectivity index (χ2n) is 13.9. The van der Waals surface area contributed by atoms with E-state index in [1.807, 2.05) is 0 Å². The van der Waals surface area contributed by atoms with E-state index in [2.05, 4.69) is 209 Å². The fourth-order valence-electron chi connectivity index (χ4n) is 8.17. The lowest BCUT2D eigenvalue weighted by molar-refractivity contribution is 0.735. The van der Waals surface area contributed by atoms with Gasteiger partial charge in [-0.15, -0.1) is 0 Å². The molecule has 0 spiro atoms. The number of aromatic nitrogens is 2. The van der Waals surface area contributed by atoms with Gasteiger partial charge in [0.25, 0.3) is 0 Å². The van der Waals surface area contributed by atoms with E-state index in [1.54, 1.807) is 0 Å². The van der Waals surface area contributed by atoms with Crippen LogP contribution in [-0.2, 0) is 0 Å². The highest BCUT2D eigenvalue weighted by Crippen LogP contribution is 2.42. The molecule has 2 aromatic heterocycles. The van der Waals surface area contributed by atoms with Crippen LogP contribution in [0.15, 0.2) is 188 Å². The molecule has 7 aromatic carbocycles. The minimum Gasteiger partial charge on any atom is -0.311 e. The minimum absolute atomic E-state index is 0.501. The van der Waals surface area contributed by atoms with Gasteiger partial charge in [-0.05, 0) is 108 Å². The Kier molecular flexibility index (Phi) is 7.17. The molecule has 0 amide bonds. The molecule has 0 fully saturated rings. The first-order chi connectivity index (χ1) is 25.7. The third-order valence-corrected chi connectivity index (χ3v) is 10.6. The predicted octanol–water partition coefficient (Wildman–Crippen LogP) is 13.5. The third kappa shape index (κ3) is 4.97. The smallest absolute Gasteiger partial charge is 0.0548 e. The highest BCUT2D eigenvalue weighted by atomic mass is 15.1. The normalized spacial score (nSPS) is 14.4. The number of anilines is 3. The summed E-state index contributed by atoms with van der Waals surface area (Å²) >= 11 is 0. The largest absolute Gasteiger partial charge is 0.311 e. The number of para-hydroxylation sites is 4. The van der Waals surface area contributed by atoms with E-state index in [1.165, 1.54) is 60.4 Å². The van der Waals surface area contributed by atoms with Crippen LogP contribution in [0.2, 0.25) is 0 Å². The highest BCUT2D eigenvalue weighted by molar-refractivity contribution is 6.20. The zero-order valence-electron chi connectivity index (χ0n) is 29.0. The lowest BCUT2D eigenvalue weighted by Crippen LogP contribution is -2.09. The fraction of sp³-hybridized carbons (Fsp3) is 0.0612. The second-order valence-corrected chi connectivity index (χ2v) is 13.9. The highest BCUT2D eigenvalue weighted by Gasteiger charge is 2.20. The maximum atomic E-state index is 2.47. The molecule has 0 bridgehead atoms. The van der Waals surface area contributed by atoms with Crippen molar-refractivity contribution < 1.29 is 0 Å². The molecule has 1 aliphatic rings. The van der Waals surface area contributed by atoms with Crippen LogP contribution in [0.5, 0.6) is 0 Å². The topological polar surface area (TPSA) is 13.1 Å². The molecule has 2 heterocycles. The number of hydrogen-bond acceptors (Lipinski definition) is 1. The molecule has 0 radical (unpaired) electrons. The van der Waals surface area contributed by atoms with Crippen LogP contribution < -0.4 is 4.90 Å². The first-order valence-corrected chi connectivity index (χ1v) is 18.2. The lowest BCUT2D eigenvalue weighted by Gasteiger charge is -2.25.